The number of rotatable bonds is 36. The molecule has 2 unspecified atom stereocenters. The lowest BCUT2D eigenvalue weighted by Gasteiger charge is -2.52. The zero-order chi connectivity index (χ0) is 78.4. The van der Waals surface area contributed by atoms with Crippen LogP contribution in [-0.2, 0) is 165 Å². The van der Waals surface area contributed by atoms with Gasteiger partial charge in [0.05, 0.1) is 39.6 Å². The van der Waals surface area contributed by atoms with Gasteiger partial charge in [0.15, 0.2) is 44.0 Å². The van der Waals surface area contributed by atoms with Gasteiger partial charge in [-0.3, -0.25) is 0 Å². The maximum Gasteiger partial charge on any atom is 0.500 e. The second kappa shape index (κ2) is 46.0. The van der Waals surface area contributed by atoms with Crippen LogP contribution in [0.2, 0.25) is 6.04 Å². The highest BCUT2D eigenvalue weighted by atomic mass is 28.4. The molecule has 0 radical (unpaired) electrons. The molecule has 3 N–H and O–H groups in total. The van der Waals surface area contributed by atoms with Gasteiger partial charge in [-0.1, -0.05) is 0 Å². The molecule has 14 bridgehead atoms. The number of hydrogen-bond donors (Lipinski definition) is 3. The van der Waals surface area contributed by atoms with E-state index in [4.69, 9.17) is 165 Å². The first-order chi connectivity index (χ1) is 52.4. The zero-order valence-electron chi connectivity index (χ0n) is 66.6. The van der Waals surface area contributed by atoms with Gasteiger partial charge >= 0.3 is 8.80 Å². The Hall–Kier alpha value is -1.30. The molecule has 108 heavy (non-hydrogen) atoms. The fourth-order valence-corrected chi connectivity index (χ4v) is 18.5. The van der Waals surface area contributed by atoms with E-state index in [0.717, 1.165) is 0 Å². The largest absolute Gasteiger partial charge is 0.500 e. The van der Waals surface area contributed by atoms with Crippen molar-refractivity contribution >= 4 is 8.80 Å². The van der Waals surface area contributed by atoms with E-state index in [1.165, 1.54) is 128 Å². The van der Waals surface area contributed by atoms with Crippen molar-refractivity contribution in [3.05, 3.63) is 0 Å². The Kier molecular flexibility index (Phi) is 39.3. The molecule has 21 rings (SSSR count). The molecule has 0 amide bonds. The smallest absolute Gasteiger partial charge is 0.387 e. The van der Waals surface area contributed by atoms with Crippen LogP contribution in [0.1, 0.15) is 27.2 Å². The predicted molar refractivity (Wildman–Crippen MR) is 370 cm³/mol. The Morgan fingerprint density at radius 2 is 0.472 bits per heavy atom. The van der Waals surface area contributed by atoms with E-state index in [-0.39, 0.29) is 46.2 Å². The summed E-state index contributed by atoms with van der Waals surface area (Å²) in [5.74, 6) is 0. The minimum absolute atomic E-state index is 0.00351. The SMILES string of the molecule is CCO[Si](CCCNC[C@H]1O[C@@H]2O[C@H]3[C@H](OC)[C@@H](OC)[C@@H](O[C@H]4[C@H](OC)[C@@H](OC)[C@@H](O[C@H]5[C@H](OC)[C@@H](OC)[C@@H](O[C@H]6[C@H](OC)[C@@H](OC)[C@@H](O[C@H]7[C@H](OC)C(OC)[C@@H](O[C@H]8[C@H](OC)C(OC)[C@@H](O[C@H]1[C@H](O)[C@H]2O)O[C@@H]8COC)O[C@@H]7COC)O[C@@H]6COC)O[C@@H]5COC)O[C@@H]4COC)O[C@@H]3COC)(OCC)OCC. The van der Waals surface area contributed by atoms with Crippen molar-refractivity contribution in [2.24, 2.45) is 0 Å². The first-order valence-electron chi connectivity index (χ1n) is 36.9. The Bertz CT molecular complexity index is 2440. The lowest BCUT2D eigenvalue weighted by atomic mass is 9.94. The van der Waals surface area contributed by atoms with Gasteiger partial charge in [-0.2, -0.15) is 0 Å². The maximum atomic E-state index is 12.7. The lowest BCUT2D eigenvalue weighted by Crippen LogP contribution is -2.69. The molecule has 0 aromatic rings. The Morgan fingerprint density at radius 1 is 0.259 bits per heavy atom. The van der Waals surface area contributed by atoms with Gasteiger partial charge in [0.2, 0.25) is 0 Å². The van der Waals surface area contributed by atoms with E-state index in [0.29, 0.717) is 38.8 Å². The van der Waals surface area contributed by atoms with Crippen LogP contribution in [-0.4, -0.2) is 434 Å². The molecular formula is C69H127NO37Si. The fraction of sp³-hybridized carbons (Fsp3) is 1.00. The highest BCUT2D eigenvalue weighted by Gasteiger charge is 2.62. The van der Waals surface area contributed by atoms with E-state index in [1.54, 1.807) is 0 Å². The molecule has 21 aliphatic rings. The van der Waals surface area contributed by atoms with Crippen LogP contribution in [0.3, 0.4) is 0 Å². The van der Waals surface area contributed by atoms with Gasteiger partial charge in [-0.25, -0.2) is 0 Å². The fourth-order valence-electron chi connectivity index (χ4n) is 15.9. The van der Waals surface area contributed by atoms with Crippen molar-refractivity contribution in [3.8, 4) is 0 Å². The summed E-state index contributed by atoms with van der Waals surface area (Å²) in [5, 5.41) is 28.7. The van der Waals surface area contributed by atoms with E-state index in [9.17, 15) is 10.2 Å². The number of aliphatic hydroxyl groups excluding tert-OH is 2. The second-order valence-corrected chi connectivity index (χ2v) is 29.6. The van der Waals surface area contributed by atoms with Gasteiger partial charge < -0.3 is 180 Å². The molecule has 21 aliphatic heterocycles. The number of hydrogen-bond acceptors (Lipinski definition) is 38. The van der Waals surface area contributed by atoms with E-state index >= 15 is 0 Å². The molecule has 0 spiro atoms. The van der Waals surface area contributed by atoms with Gasteiger partial charge in [-0.05, 0) is 33.7 Å². The molecule has 21 fully saturated rings. The molecule has 0 saturated carbocycles. The first-order valence-corrected chi connectivity index (χ1v) is 38.8. The number of methoxy groups -OCH3 is 18. The third-order valence-corrected chi connectivity index (χ3v) is 23.9. The molecule has 0 aromatic carbocycles. The summed E-state index contributed by atoms with van der Waals surface area (Å²) in [6, 6.07) is 0.483. The Labute approximate surface area is 635 Å². The molecule has 0 aliphatic carbocycles. The van der Waals surface area contributed by atoms with Gasteiger partial charge in [-0.15, -0.1) is 0 Å². The topological polar surface area (TPSA) is 376 Å². The quantitative estimate of drug-likeness (QED) is 0.0479. The number of aliphatic hydroxyl groups is 2. The Morgan fingerprint density at radius 3 is 0.685 bits per heavy atom. The van der Waals surface area contributed by atoms with Gasteiger partial charge in [0.1, 0.15) is 171 Å². The Balaban J connectivity index is 1.23. The first kappa shape index (κ1) is 92.2. The zero-order valence-corrected chi connectivity index (χ0v) is 67.6. The number of nitrogens with one attached hydrogen (secondary N) is 1. The van der Waals surface area contributed by atoms with Crippen molar-refractivity contribution in [1.82, 2.24) is 5.32 Å². The standard InChI is InChI=1S/C69H127NO37Si/c1-22-91-108(92-23-2,93-24-3)27-25-26-70-28-35-44-42(71)43(72)63(94-35)102-45-36(29-73-4)96-65(58(86-17)51(45)79-10)104-47-38(31-75-6)98-67(60(88-19)53(47)81-12)106-49-40(33-77-8)100-69(62(90-21)55(49)83-14)107-50-41(34-78-9)99-68(61(89-20)56(50)84-15)105-48-39(32-76-7)97-66(59(87-18)54(48)82-13)103-46-37(30-74-5)95-64(101-44)57(85-16)52(46)80-11/h35-72H,22-34H2,1-21H3/t35-,36-,37-,38-,39-,40-,41-,42-,43-,44-,45-,46-,47-,48-,49-,50-,51+,52+,53+,54+,55+,56+,57?,58-,59?,60-,61-,62-,63-,64-,65-,66-,67-,68-,69-/m1/s1. The second-order valence-electron chi connectivity index (χ2n) is 26.9. The van der Waals surface area contributed by atoms with Crippen LogP contribution in [0.4, 0.5) is 0 Å². The maximum absolute atomic E-state index is 12.7. The molecule has 38 nitrogen and oxygen atoms in total. The minimum Gasteiger partial charge on any atom is -0.387 e. The molecule has 21 heterocycles. The average molecular weight is 1590 g/mol. The summed E-state index contributed by atoms with van der Waals surface area (Å²) in [7, 11) is 23.7. The van der Waals surface area contributed by atoms with Crippen LogP contribution in [0, 0.1) is 0 Å². The number of ether oxygens (including phenoxy) is 32. The summed E-state index contributed by atoms with van der Waals surface area (Å²) in [6.07, 6.45) is -39.8. The summed E-state index contributed by atoms with van der Waals surface area (Å²) in [6.45, 7) is 6.76. The van der Waals surface area contributed by atoms with Crippen LogP contribution in [0.5, 0.6) is 0 Å². The van der Waals surface area contributed by atoms with E-state index in [1.807, 2.05) is 20.8 Å². The lowest BCUT2D eigenvalue weighted by molar-refractivity contribution is -0.402. The third-order valence-electron chi connectivity index (χ3n) is 20.8. The highest BCUT2D eigenvalue weighted by Crippen LogP contribution is 2.43. The summed E-state index contributed by atoms with van der Waals surface area (Å²) in [4.78, 5) is 0. The molecule has 21 saturated heterocycles. The van der Waals surface area contributed by atoms with Gasteiger partial charge in [0, 0.05) is 160 Å². The third kappa shape index (κ3) is 21.3. The normalized spacial score (nSPS) is 43.1. The van der Waals surface area contributed by atoms with Crippen molar-refractivity contribution in [2.45, 2.75) is 248 Å². The average Bonchev–Trinajstić information content (AvgIpc) is 0.774. The molecular weight excluding hydrogens is 1460 g/mol. The summed E-state index contributed by atoms with van der Waals surface area (Å²) < 4.78 is 226. The van der Waals surface area contributed by atoms with Gasteiger partial charge in [0.25, 0.3) is 0 Å². The molecule has 39 heteroatoms. The highest BCUT2D eigenvalue weighted by molar-refractivity contribution is 6.60. The minimum atomic E-state index is -3.07. The van der Waals surface area contributed by atoms with Crippen molar-refractivity contribution in [3.63, 3.8) is 0 Å². The molecule has 0 aromatic heterocycles. The predicted octanol–water partition coefficient (Wildman–Crippen LogP) is -1.42. The molecule has 634 valence electrons. The molecule has 35 atom stereocenters. The van der Waals surface area contributed by atoms with Crippen LogP contribution in [0.25, 0.3) is 0 Å². The van der Waals surface area contributed by atoms with E-state index in [2.05, 4.69) is 5.32 Å². The van der Waals surface area contributed by atoms with Crippen LogP contribution < -0.4 is 5.32 Å². The summed E-state index contributed by atoms with van der Waals surface area (Å²) >= 11 is 0. The van der Waals surface area contributed by atoms with E-state index < -0.39 is 224 Å². The van der Waals surface area contributed by atoms with Crippen LogP contribution >= 0.6 is 0 Å². The monoisotopic (exact) mass is 1590 g/mol. The van der Waals surface area contributed by atoms with Crippen LogP contribution in [0.15, 0.2) is 0 Å². The van der Waals surface area contributed by atoms with Crippen molar-refractivity contribution in [2.75, 3.05) is 201 Å². The van der Waals surface area contributed by atoms with Crippen molar-refractivity contribution < 1.29 is 175 Å². The summed E-state index contributed by atoms with van der Waals surface area (Å²) in [5.41, 5.74) is 0. The van der Waals surface area contributed by atoms with Crippen molar-refractivity contribution in [1.29, 1.82) is 0 Å².